The summed E-state index contributed by atoms with van der Waals surface area (Å²) in [5, 5.41) is 13.2. The zero-order valence-corrected chi connectivity index (χ0v) is 11.5. The maximum Gasteiger partial charge on any atom is 0.240 e. The Hall–Kier alpha value is -2.28. The maximum atomic E-state index is 12.2. The van der Waals surface area contributed by atoms with Gasteiger partial charge in [0, 0.05) is 30.7 Å². The summed E-state index contributed by atoms with van der Waals surface area (Å²) in [6.45, 7) is 0.476. The SMILES string of the molecule is Cn1cc(CNC(=O)C2(C#N)CCC2)c2ccccc21. The van der Waals surface area contributed by atoms with Crippen LogP contribution in [0.25, 0.3) is 10.9 Å². The van der Waals surface area contributed by atoms with E-state index in [1.807, 2.05) is 25.4 Å². The van der Waals surface area contributed by atoms with Gasteiger partial charge in [-0.15, -0.1) is 0 Å². The van der Waals surface area contributed by atoms with Crippen LogP contribution in [0.4, 0.5) is 0 Å². The van der Waals surface area contributed by atoms with E-state index in [0.29, 0.717) is 19.4 Å². The van der Waals surface area contributed by atoms with Gasteiger partial charge in [-0.3, -0.25) is 4.79 Å². The Bertz CT molecular complexity index is 704. The van der Waals surface area contributed by atoms with Crippen molar-refractivity contribution in [3.05, 3.63) is 36.0 Å². The molecular weight excluding hydrogens is 250 g/mol. The smallest absolute Gasteiger partial charge is 0.240 e. The predicted molar refractivity (Wildman–Crippen MR) is 76.7 cm³/mol. The van der Waals surface area contributed by atoms with E-state index < -0.39 is 5.41 Å². The Morgan fingerprint density at radius 1 is 1.45 bits per heavy atom. The minimum absolute atomic E-state index is 0.126. The topological polar surface area (TPSA) is 57.8 Å². The number of carbonyl (C=O) groups excluding carboxylic acids is 1. The third-order valence-corrected chi connectivity index (χ3v) is 4.27. The molecule has 4 nitrogen and oxygen atoms in total. The molecule has 0 bridgehead atoms. The number of benzene rings is 1. The van der Waals surface area contributed by atoms with Gasteiger partial charge >= 0.3 is 0 Å². The molecule has 1 amide bonds. The normalized spacial score (nSPS) is 16.4. The Kier molecular flexibility index (Phi) is 2.98. The summed E-state index contributed by atoms with van der Waals surface area (Å²) in [5.74, 6) is -0.126. The predicted octanol–water partition coefficient (Wildman–Crippen LogP) is 2.49. The molecule has 1 saturated carbocycles. The lowest BCUT2D eigenvalue weighted by Gasteiger charge is -2.33. The second-order valence-corrected chi connectivity index (χ2v) is 5.51. The molecule has 0 unspecified atom stereocenters. The molecule has 1 heterocycles. The summed E-state index contributed by atoms with van der Waals surface area (Å²) >= 11 is 0. The molecule has 2 aromatic rings. The fourth-order valence-electron chi connectivity index (χ4n) is 2.83. The van der Waals surface area contributed by atoms with Crippen molar-refractivity contribution >= 4 is 16.8 Å². The zero-order chi connectivity index (χ0) is 14.2. The first-order valence-electron chi connectivity index (χ1n) is 6.89. The average molecular weight is 267 g/mol. The number of aromatic nitrogens is 1. The first kappa shape index (κ1) is 12.7. The molecule has 1 aromatic heterocycles. The number of para-hydroxylation sites is 1. The molecule has 1 aromatic carbocycles. The second-order valence-electron chi connectivity index (χ2n) is 5.51. The molecule has 0 radical (unpaired) electrons. The first-order valence-corrected chi connectivity index (χ1v) is 6.89. The van der Waals surface area contributed by atoms with Gasteiger partial charge in [0.1, 0.15) is 5.41 Å². The number of hydrogen-bond donors (Lipinski definition) is 1. The fraction of sp³-hybridized carbons (Fsp3) is 0.375. The van der Waals surface area contributed by atoms with Crippen molar-refractivity contribution in [3.63, 3.8) is 0 Å². The van der Waals surface area contributed by atoms with E-state index in [0.717, 1.165) is 22.9 Å². The number of fused-ring (bicyclic) bond motifs is 1. The minimum Gasteiger partial charge on any atom is -0.351 e. The molecule has 0 spiro atoms. The number of nitriles is 1. The Balaban J connectivity index is 1.78. The molecule has 1 N–H and O–H groups in total. The fourth-order valence-corrected chi connectivity index (χ4v) is 2.83. The van der Waals surface area contributed by atoms with Crippen LogP contribution in [0.15, 0.2) is 30.5 Å². The molecule has 3 rings (SSSR count). The van der Waals surface area contributed by atoms with Crippen LogP contribution in [0.1, 0.15) is 24.8 Å². The van der Waals surface area contributed by atoms with Gasteiger partial charge in [-0.1, -0.05) is 18.2 Å². The lowest BCUT2D eigenvalue weighted by Crippen LogP contribution is -2.44. The van der Waals surface area contributed by atoms with E-state index in [-0.39, 0.29) is 5.91 Å². The Morgan fingerprint density at radius 2 is 2.20 bits per heavy atom. The van der Waals surface area contributed by atoms with Gasteiger partial charge in [0.2, 0.25) is 5.91 Å². The quantitative estimate of drug-likeness (QED) is 0.928. The van der Waals surface area contributed by atoms with Gasteiger partial charge in [-0.25, -0.2) is 0 Å². The van der Waals surface area contributed by atoms with E-state index in [1.165, 1.54) is 0 Å². The summed E-state index contributed by atoms with van der Waals surface area (Å²) in [6, 6.07) is 10.3. The largest absolute Gasteiger partial charge is 0.351 e. The third kappa shape index (κ3) is 1.87. The van der Waals surface area contributed by atoms with Crippen molar-refractivity contribution in [1.82, 2.24) is 9.88 Å². The van der Waals surface area contributed by atoms with E-state index >= 15 is 0 Å². The highest BCUT2D eigenvalue weighted by atomic mass is 16.2. The van der Waals surface area contributed by atoms with Crippen LogP contribution in [0.2, 0.25) is 0 Å². The summed E-state index contributed by atoms with van der Waals surface area (Å²) < 4.78 is 2.06. The van der Waals surface area contributed by atoms with Gasteiger partial charge in [0.05, 0.1) is 6.07 Å². The highest BCUT2D eigenvalue weighted by Crippen LogP contribution is 2.40. The average Bonchev–Trinajstić information content (AvgIpc) is 2.73. The van der Waals surface area contributed by atoms with Crippen LogP contribution in [0.3, 0.4) is 0 Å². The van der Waals surface area contributed by atoms with Crippen LogP contribution in [0, 0.1) is 16.7 Å². The molecule has 1 fully saturated rings. The number of nitrogens with zero attached hydrogens (tertiary/aromatic N) is 2. The van der Waals surface area contributed by atoms with Crippen LogP contribution in [-0.2, 0) is 18.4 Å². The first-order chi connectivity index (χ1) is 9.66. The zero-order valence-electron chi connectivity index (χ0n) is 11.5. The van der Waals surface area contributed by atoms with Gasteiger partial charge in [-0.2, -0.15) is 5.26 Å². The molecule has 0 atom stereocenters. The standard InChI is InChI=1S/C16H17N3O/c1-19-10-12(13-5-2-3-6-14(13)19)9-18-15(20)16(11-17)7-4-8-16/h2-3,5-6,10H,4,7-9H2,1H3,(H,18,20). The second kappa shape index (κ2) is 4.68. The number of hydrogen-bond acceptors (Lipinski definition) is 2. The maximum absolute atomic E-state index is 12.2. The third-order valence-electron chi connectivity index (χ3n) is 4.27. The van der Waals surface area contributed by atoms with E-state index in [4.69, 9.17) is 5.26 Å². The van der Waals surface area contributed by atoms with E-state index in [9.17, 15) is 4.79 Å². The molecule has 102 valence electrons. The molecule has 0 aliphatic heterocycles. The van der Waals surface area contributed by atoms with E-state index in [2.05, 4.69) is 28.1 Å². The molecule has 4 heteroatoms. The van der Waals surface area contributed by atoms with Crippen molar-refractivity contribution in [2.75, 3.05) is 0 Å². The lowest BCUT2D eigenvalue weighted by molar-refractivity contribution is -0.131. The number of amides is 1. The number of aryl methyl sites for hydroxylation is 1. The van der Waals surface area contributed by atoms with Crippen molar-refractivity contribution < 1.29 is 4.79 Å². The van der Waals surface area contributed by atoms with Crippen molar-refractivity contribution in [1.29, 1.82) is 5.26 Å². The highest BCUT2D eigenvalue weighted by molar-refractivity contribution is 5.88. The minimum atomic E-state index is -0.773. The van der Waals surface area contributed by atoms with Crippen molar-refractivity contribution in [2.45, 2.75) is 25.8 Å². The highest BCUT2D eigenvalue weighted by Gasteiger charge is 2.44. The Labute approximate surface area is 118 Å². The molecule has 0 saturated heterocycles. The van der Waals surface area contributed by atoms with Crippen LogP contribution < -0.4 is 5.32 Å². The number of nitrogens with one attached hydrogen (secondary N) is 1. The molecular formula is C16H17N3O. The van der Waals surface area contributed by atoms with Gasteiger partial charge in [0.15, 0.2) is 0 Å². The van der Waals surface area contributed by atoms with Crippen molar-refractivity contribution in [2.24, 2.45) is 12.5 Å². The van der Waals surface area contributed by atoms with Gasteiger partial charge in [0.25, 0.3) is 0 Å². The van der Waals surface area contributed by atoms with Crippen molar-refractivity contribution in [3.8, 4) is 6.07 Å². The Morgan fingerprint density at radius 3 is 2.85 bits per heavy atom. The summed E-state index contributed by atoms with van der Waals surface area (Å²) in [7, 11) is 2.00. The summed E-state index contributed by atoms with van der Waals surface area (Å²) in [6.07, 6.45) is 4.37. The van der Waals surface area contributed by atoms with Crippen LogP contribution >= 0.6 is 0 Å². The molecule has 20 heavy (non-hydrogen) atoms. The van der Waals surface area contributed by atoms with Crippen LogP contribution in [0.5, 0.6) is 0 Å². The monoisotopic (exact) mass is 267 g/mol. The van der Waals surface area contributed by atoms with Crippen LogP contribution in [-0.4, -0.2) is 10.5 Å². The lowest BCUT2D eigenvalue weighted by atomic mass is 9.69. The number of rotatable bonds is 3. The molecule has 1 aliphatic carbocycles. The molecule has 1 aliphatic rings. The van der Waals surface area contributed by atoms with Gasteiger partial charge in [-0.05, 0) is 30.9 Å². The number of carbonyl (C=O) groups is 1. The summed E-state index contributed by atoms with van der Waals surface area (Å²) in [4.78, 5) is 12.2. The van der Waals surface area contributed by atoms with E-state index in [1.54, 1.807) is 0 Å². The van der Waals surface area contributed by atoms with Gasteiger partial charge < -0.3 is 9.88 Å². The summed E-state index contributed by atoms with van der Waals surface area (Å²) in [5.41, 5.74) is 1.46.